The maximum Gasteiger partial charge on any atom is 0.123 e. The molecule has 2 rings (SSSR count). The highest BCUT2D eigenvalue weighted by molar-refractivity contribution is 7.16. The summed E-state index contributed by atoms with van der Waals surface area (Å²) >= 11 is 7.33. The van der Waals surface area contributed by atoms with Crippen LogP contribution in [0.15, 0.2) is 36.4 Å². The zero-order valence-electron chi connectivity index (χ0n) is 10.7. The molecule has 0 saturated heterocycles. The third kappa shape index (κ3) is 5.09. The van der Waals surface area contributed by atoms with E-state index in [9.17, 15) is 9.50 Å². The first kappa shape index (κ1) is 15.3. The summed E-state index contributed by atoms with van der Waals surface area (Å²) in [6.07, 6.45) is -0.629. The van der Waals surface area contributed by atoms with Crippen molar-refractivity contribution in [1.82, 2.24) is 5.32 Å². The third-order valence-electron chi connectivity index (χ3n) is 2.56. The summed E-state index contributed by atoms with van der Waals surface area (Å²) in [5.41, 5.74) is 0. The number of hydrogen-bond acceptors (Lipinski definition) is 4. The van der Waals surface area contributed by atoms with Gasteiger partial charge in [-0.15, -0.1) is 11.3 Å². The molecule has 3 nitrogen and oxygen atoms in total. The zero-order valence-corrected chi connectivity index (χ0v) is 12.3. The highest BCUT2D eigenvalue weighted by Crippen LogP contribution is 2.20. The van der Waals surface area contributed by atoms with Gasteiger partial charge in [-0.1, -0.05) is 11.6 Å². The Morgan fingerprint density at radius 2 is 2.00 bits per heavy atom. The third-order valence-corrected chi connectivity index (χ3v) is 3.80. The van der Waals surface area contributed by atoms with Crippen LogP contribution in [-0.4, -0.2) is 24.4 Å². The minimum atomic E-state index is -0.629. The molecule has 1 atom stereocenters. The number of benzene rings is 1. The van der Waals surface area contributed by atoms with Crippen molar-refractivity contribution in [1.29, 1.82) is 0 Å². The maximum absolute atomic E-state index is 12.7. The number of ether oxygens (including phenoxy) is 1. The van der Waals surface area contributed by atoms with Gasteiger partial charge in [0.1, 0.15) is 24.3 Å². The molecule has 0 spiro atoms. The van der Waals surface area contributed by atoms with Crippen LogP contribution in [-0.2, 0) is 6.54 Å². The van der Waals surface area contributed by atoms with Crippen molar-refractivity contribution in [2.75, 3.05) is 13.2 Å². The molecule has 0 radical (unpaired) electrons. The Balaban J connectivity index is 1.65. The second-order valence-corrected chi connectivity index (χ2v) is 6.06. The van der Waals surface area contributed by atoms with E-state index in [0.29, 0.717) is 18.8 Å². The first-order chi connectivity index (χ1) is 9.63. The molecule has 0 aliphatic heterocycles. The van der Waals surface area contributed by atoms with Crippen LogP contribution >= 0.6 is 22.9 Å². The number of halogens is 2. The van der Waals surface area contributed by atoms with Gasteiger partial charge in [0.15, 0.2) is 0 Å². The van der Waals surface area contributed by atoms with Crippen LogP contribution in [0, 0.1) is 5.82 Å². The molecule has 2 N–H and O–H groups in total. The predicted molar refractivity (Wildman–Crippen MR) is 78.9 cm³/mol. The Labute approximate surface area is 126 Å². The number of thiophene rings is 1. The number of hydrogen-bond donors (Lipinski definition) is 2. The van der Waals surface area contributed by atoms with Gasteiger partial charge >= 0.3 is 0 Å². The van der Waals surface area contributed by atoms with E-state index in [0.717, 1.165) is 9.21 Å². The van der Waals surface area contributed by atoms with Crippen molar-refractivity contribution in [2.24, 2.45) is 0 Å². The fraction of sp³-hybridized carbons (Fsp3) is 0.286. The Morgan fingerprint density at radius 1 is 1.25 bits per heavy atom. The summed E-state index contributed by atoms with van der Waals surface area (Å²) in [6, 6.07) is 9.49. The molecule has 20 heavy (non-hydrogen) atoms. The van der Waals surface area contributed by atoms with Crippen molar-refractivity contribution >= 4 is 22.9 Å². The molecule has 0 aliphatic rings. The van der Waals surface area contributed by atoms with E-state index in [1.807, 2.05) is 12.1 Å². The average Bonchev–Trinajstić information content (AvgIpc) is 2.84. The molecule has 1 aromatic carbocycles. The number of rotatable bonds is 7. The predicted octanol–water partition coefficient (Wildman–Crippen LogP) is 3.07. The zero-order chi connectivity index (χ0) is 14.4. The lowest BCUT2D eigenvalue weighted by Crippen LogP contribution is -2.30. The van der Waals surface area contributed by atoms with E-state index < -0.39 is 6.10 Å². The summed E-state index contributed by atoms with van der Waals surface area (Å²) in [4.78, 5) is 1.11. The second kappa shape index (κ2) is 7.59. The average molecular weight is 316 g/mol. The molecule has 1 unspecified atom stereocenters. The van der Waals surface area contributed by atoms with Crippen molar-refractivity contribution in [2.45, 2.75) is 12.6 Å². The van der Waals surface area contributed by atoms with Crippen molar-refractivity contribution < 1.29 is 14.2 Å². The molecule has 1 aromatic heterocycles. The molecule has 1 heterocycles. The minimum absolute atomic E-state index is 0.157. The van der Waals surface area contributed by atoms with Crippen LogP contribution < -0.4 is 10.1 Å². The molecule has 0 fully saturated rings. The molecule has 0 amide bonds. The Morgan fingerprint density at radius 3 is 2.65 bits per heavy atom. The van der Waals surface area contributed by atoms with E-state index in [-0.39, 0.29) is 12.4 Å². The number of aliphatic hydroxyl groups excluding tert-OH is 1. The van der Waals surface area contributed by atoms with Gasteiger partial charge < -0.3 is 15.2 Å². The van der Waals surface area contributed by atoms with Crippen LogP contribution in [0.3, 0.4) is 0 Å². The Hall–Kier alpha value is -1.14. The molecular formula is C14H15ClFNO2S. The summed E-state index contributed by atoms with van der Waals surface area (Å²) in [5.74, 6) is 0.227. The van der Waals surface area contributed by atoms with Crippen molar-refractivity contribution in [3.8, 4) is 5.75 Å². The van der Waals surface area contributed by atoms with Gasteiger partial charge in [-0.05, 0) is 36.4 Å². The first-order valence-corrected chi connectivity index (χ1v) is 7.34. The van der Waals surface area contributed by atoms with Gasteiger partial charge in [-0.3, -0.25) is 0 Å². The summed E-state index contributed by atoms with van der Waals surface area (Å²) in [7, 11) is 0. The smallest absolute Gasteiger partial charge is 0.123 e. The highest BCUT2D eigenvalue weighted by atomic mass is 35.5. The lowest BCUT2D eigenvalue weighted by molar-refractivity contribution is 0.106. The molecular weight excluding hydrogens is 301 g/mol. The topological polar surface area (TPSA) is 41.5 Å². The summed E-state index contributed by atoms with van der Waals surface area (Å²) in [6.45, 7) is 1.23. The van der Waals surface area contributed by atoms with E-state index in [2.05, 4.69) is 5.32 Å². The van der Waals surface area contributed by atoms with Crippen LogP contribution in [0.25, 0.3) is 0 Å². The van der Waals surface area contributed by atoms with E-state index in [1.165, 1.54) is 35.6 Å². The van der Waals surface area contributed by atoms with Crippen LogP contribution in [0.4, 0.5) is 4.39 Å². The van der Waals surface area contributed by atoms with Gasteiger partial charge in [0.2, 0.25) is 0 Å². The Kier molecular flexibility index (Phi) is 5.79. The molecule has 108 valence electrons. The van der Waals surface area contributed by atoms with Crippen molar-refractivity contribution in [3.05, 3.63) is 51.4 Å². The lowest BCUT2D eigenvalue weighted by Gasteiger charge is -2.13. The summed E-state index contributed by atoms with van der Waals surface area (Å²) < 4.78 is 18.8. The van der Waals surface area contributed by atoms with Gasteiger partial charge in [0.05, 0.1) is 4.34 Å². The molecule has 2 aromatic rings. The van der Waals surface area contributed by atoms with Crippen LogP contribution in [0.5, 0.6) is 5.75 Å². The van der Waals surface area contributed by atoms with Gasteiger partial charge in [-0.25, -0.2) is 4.39 Å². The van der Waals surface area contributed by atoms with Gasteiger partial charge in [0.25, 0.3) is 0 Å². The largest absolute Gasteiger partial charge is 0.491 e. The standard InChI is InChI=1S/C14H15ClFNO2S/c15-14-6-5-13(20-14)8-17-7-11(18)9-19-12-3-1-10(16)2-4-12/h1-6,11,17-18H,7-9H2. The van der Waals surface area contributed by atoms with Crippen molar-refractivity contribution in [3.63, 3.8) is 0 Å². The fourth-order valence-corrected chi connectivity index (χ4v) is 2.65. The lowest BCUT2D eigenvalue weighted by atomic mass is 10.3. The fourth-order valence-electron chi connectivity index (χ4n) is 1.59. The molecule has 6 heteroatoms. The monoisotopic (exact) mass is 315 g/mol. The summed E-state index contributed by atoms with van der Waals surface area (Å²) in [5, 5.41) is 12.9. The Bertz CT molecular complexity index is 532. The van der Waals surface area contributed by atoms with E-state index in [1.54, 1.807) is 0 Å². The molecule has 0 aliphatic carbocycles. The minimum Gasteiger partial charge on any atom is -0.491 e. The first-order valence-electron chi connectivity index (χ1n) is 6.15. The van der Waals surface area contributed by atoms with Crippen LogP contribution in [0.2, 0.25) is 4.34 Å². The number of nitrogens with one attached hydrogen (secondary N) is 1. The van der Waals surface area contributed by atoms with E-state index >= 15 is 0 Å². The van der Waals surface area contributed by atoms with Gasteiger partial charge in [-0.2, -0.15) is 0 Å². The SMILES string of the molecule is OC(CNCc1ccc(Cl)s1)COc1ccc(F)cc1. The quantitative estimate of drug-likeness (QED) is 0.825. The number of aliphatic hydroxyl groups is 1. The molecule has 0 saturated carbocycles. The van der Waals surface area contributed by atoms with E-state index in [4.69, 9.17) is 16.3 Å². The van der Waals surface area contributed by atoms with Gasteiger partial charge in [0, 0.05) is 18.0 Å². The maximum atomic E-state index is 12.7. The molecule has 0 bridgehead atoms. The second-order valence-electron chi connectivity index (χ2n) is 4.26. The van der Waals surface area contributed by atoms with Crippen LogP contribution in [0.1, 0.15) is 4.88 Å². The normalized spacial score (nSPS) is 12.3. The highest BCUT2D eigenvalue weighted by Gasteiger charge is 2.06.